The molecule has 0 N–H and O–H groups in total. The summed E-state index contributed by atoms with van der Waals surface area (Å²) in [6.45, 7) is 4.40. The third-order valence-corrected chi connectivity index (χ3v) is 5.20. The standard InChI is InChI=1S/C22H24O/c1-3-4-12-18-15(2)23-22-20(16-9-6-5-7-10-16)14-17-11-8-13-19(17)21(18)22/h5-7,9-10,14H,3-4,8,11-13H2,1-2H3. The molecule has 3 aromatic rings. The topological polar surface area (TPSA) is 13.1 Å². The summed E-state index contributed by atoms with van der Waals surface area (Å²) in [4.78, 5) is 0. The number of unbranched alkanes of at least 4 members (excludes halogenated alkanes) is 1. The molecule has 1 aliphatic rings. The van der Waals surface area contributed by atoms with Gasteiger partial charge in [0.15, 0.2) is 0 Å². The lowest BCUT2D eigenvalue weighted by atomic mass is 9.93. The average molecular weight is 304 g/mol. The van der Waals surface area contributed by atoms with Crippen LogP contribution < -0.4 is 0 Å². The van der Waals surface area contributed by atoms with E-state index in [1.807, 2.05) is 0 Å². The molecule has 0 amide bonds. The van der Waals surface area contributed by atoms with Crippen molar-refractivity contribution in [3.8, 4) is 11.1 Å². The van der Waals surface area contributed by atoms with Crippen LogP contribution in [0.5, 0.6) is 0 Å². The molecule has 23 heavy (non-hydrogen) atoms. The van der Waals surface area contributed by atoms with Crippen LogP contribution in [0.2, 0.25) is 0 Å². The number of fused-ring (bicyclic) bond motifs is 3. The Hall–Kier alpha value is -2.02. The fraction of sp³-hybridized carbons (Fsp3) is 0.364. The first-order valence-electron chi connectivity index (χ1n) is 8.91. The van der Waals surface area contributed by atoms with Gasteiger partial charge in [-0.2, -0.15) is 0 Å². The van der Waals surface area contributed by atoms with Crippen LogP contribution in [-0.4, -0.2) is 0 Å². The van der Waals surface area contributed by atoms with E-state index in [2.05, 4.69) is 50.2 Å². The van der Waals surface area contributed by atoms with Gasteiger partial charge in [-0.1, -0.05) is 43.7 Å². The lowest BCUT2D eigenvalue weighted by Crippen LogP contribution is -1.92. The SMILES string of the molecule is CCCCc1c(C)oc2c(-c3ccccc3)cc3c(c12)CCC3. The minimum atomic E-state index is 1.11. The highest BCUT2D eigenvalue weighted by Crippen LogP contribution is 2.41. The maximum Gasteiger partial charge on any atom is 0.142 e. The summed E-state index contributed by atoms with van der Waals surface area (Å²) in [5, 5.41) is 1.44. The van der Waals surface area contributed by atoms with Crippen LogP contribution in [0.1, 0.15) is 48.6 Å². The normalized spacial score (nSPS) is 13.7. The predicted octanol–water partition coefficient (Wildman–Crippen LogP) is 6.24. The highest BCUT2D eigenvalue weighted by Gasteiger charge is 2.23. The Labute approximate surface area is 138 Å². The van der Waals surface area contributed by atoms with Gasteiger partial charge < -0.3 is 4.42 Å². The summed E-state index contributed by atoms with van der Waals surface area (Å²) in [5.41, 5.74) is 8.20. The molecule has 0 saturated heterocycles. The van der Waals surface area contributed by atoms with Gasteiger partial charge in [-0.3, -0.25) is 0 Å². The van der Waals surface area contributed by atoms with E-state index in [1.165, 1.54) is 59.7 Å². The zero-order chi connectivity index (χ0) is 15.8. The molecular weight excluding hydrogens is 280 g/mol. The summed E-state index contributed by atoms with van der Waals surface area (Å²) >= 11 is 0. The molecule has 2 aromatic carbocycles. The van der Waals surface area contributed by atoms with E-state index in [0.29, 0.717) is 0 Å². The average Bonchev–Trinajstić information content (AvgIpc) is 3.16. The van der Waals surface area contributed by atoms with Crippen LogP contribution in [0.25, 0.3) is 22.1 Å². The smallest absolute Gasteiger partial charge is 0.142 e. The van der Waals surface area contributed by atoms with Gasteiger partial charge in [0.2, 0.25) is 0 Å². The van der Waals surface area contributed by atoms with Crippen LogP contribution in [-0.2, 0) is 19.3 Å². The van der Waals surface area contributed by atoms with Crippen molar-refractivity contribution in [1.29, 1.82) is 0 Å². The Balaban J connectivity index is 2.00. The minimum Gasteiger partial charge on any atom is -0.460 e. The van der Waals surface area contributed by atoms with Crippen molar-refractivity contribution in [2.45, 2.75) is 52.4 Å². The molecule has 0 aliphatic heterocycles. The summed E-state index contributed by atoms with van der Waals surface area (Å²) in [5.74, 6) is 1.12. The third-order valence-electron chi connectivity index (χ3n) is 5.20. The van der Waals surface area contributed by atoms with Gasteiger partial charge in [0.25, 0.3) is 0 Å². The summed E-state index contributed by atoms with van der Waals surface area (Å²) in [6.07, 6.45) is 7.30. The molecule has 1 nitrogen and oxygen atoms in total. The molecule has 0 saturated carbocycles. The number of furan rings is 1. The van der Waals surface area contributed by atoms with E-state index in [0.717, 1.165) is 17.8 Å². The number of aryl methyl sites for hydroxylation is 4. The minimum absolute atomic E-state index is 1.11. The van der Waals surface area contributed by atoms with Gasteiger partial charge in [0, 0.05) is 16.5 Å². The van der Waals surface area contributed by atoms with E-state index in [-0.39, 0.29) is 0 Å². The molecule has 1 heteroatoms. The van der Waals surface area contributed by atoms with Crippen molar-refractivity contribution in [1.82, 2.24) is 0 Å². The second kappa shape index (κ2) is 5.88. The predicted molar refractivity (Wildman–Crippen MR) is 97.0 cm³/mol. The zero-order valence-corrected chi connectivity index (χ0v) is 14.1. The molecule has 0 spiro atoms. The number of hydrogen-bond acceptors (Lipinski definition) is 1. The summed E-state index contributed by atoms with van der Waals surface area (Å²) in [6, 6.07) is 13.1. The highest BCUT2D eigenvalue weighted by atomic mass is 16.3. The second-order valence-corrected chi connectivity index (χ2v) is 6.73. The van der Waals surface area contributed by atoms with Crippen molar-refractivity contribution in [2.24, 2.45) is 0 Å². The first kappa shape index (κ1) is 14.6. The van der Waals surface area contributed by atoms with E-state index in [1.54, 1.807) is 5.56 Å². The first-order chi connectivity index (χ1) is 11.3. The fourth-order valence-electron chi connectivity index (χ4n) is 4.03. The zero-order valence-electron chi connectivity index (χ0n) is 14.1. The highest BCUT2D eigenvalue weighted by molar-refractivity contribution is 5.98. The molecule has 1 aromatic heterocycles. The van der Waals surface area contributed by atoms with Crippen molar-refractivity contribution in [2.75, 3.05) is 0 Å². The Morgan fingerprint density at radius 3 is 2.70 bits per heavy atom. The summed E-state index contributed by atoms with van der Waals surface area (Å²) in [7, 11) is 0. The summed E-state index contributed by atoms with van der Waals surface area (Å²) < 4.78 is 6.31. The molecular formula is C22H24O. The fourth-order valence-corrected chi connectivity index (χ4v) is 4.03. The monoisotopic (exact) mass is 304 g/mol. The van der Waals surface area contributed by atoms with Gasteiger partial charge in [0.1, 0.15) is 11.3 Å². The number of hydrogen-bond donors (Lipinski definition) is 0. The molecule has 0 atom stereocenters. The maximum atomic E-state index is 6.31. The van der Waals surface area contributed by atoms with Crippen molar-refractivity contribution in [3.05, 3.63) is 58.8 Å². The van der Waals surface area contributed by atoms with Crippen LogP contribution in [0.15, 0.2) is 40.8 Å². The van der Waals surface area contributed by atoms with Crippen LogP contribution in [0.4, 0.5) is 0 Å². The molecule has 0 fully saturated rings. The number of rotatable bonds is 4. The van der Waals surface area contributed by atoms with Crippen molar-refractivity contribution >= 4 is 11.0 Å². The Morgan fingerprint density at radius 1 is 1.09 bits per heavy atom. The van der Waals surface area contributed by atoms with Gasteiger partial charge in [0.05, 0.1) is 0 Å². The van der Waals surface area contributed by atoms with Crippen molar-refractivity contribution < 1.29 is 4.42 Å². The lowest BCUT2D eigenvalue weighted by Gasteiger charge is -2.09. The Kier molecular flexibility index (Phi) is 3.72. The third kappa shape index (κ3) is 2.39. The van der Waals surface area contributed by atoms with Gasteiger partial charge in [-0.25, -0.2) is 0 Å². The van der Waals surface area contributed by atoms with Crippen LogP contribution >= 0.6 is 0 Å². The first-order valence-corrected chi connectivity index (χ1v) is 8.91. The quantitative estimate of drug-likeness (QED) is 0.556. The molecule has 0 bridgehead atoms. The van der Waals surface area contributed by atoms with E-state index < -0.39 is 0 Å². The van der Waals surface area contributed by atoms with E-state index >= 15 is 0 Å². The largest absolute Gasteiger partial charge is 0.460 e. The van der Waals surface area contributed by atoms with Gasteiger partial charge >= 0.3 is 0 Å². The van der Waals surface area contributed by atoms with Gasteiger partial charge in [-0.05, 0) is 61.8 Å². The van der Waals surface area contributed by atoms with E-state index in [4.69, 9.17) is 4.42 Å². The molecule has 1 heterocycles. The maximum absolute atomic E-state index is 6.31. The second-order valence-electron chi connectivity index (χ2n) is 6.73. The lowest BCUT2D eigenvalue weighted by molar-refractivity contribution is 0.570. The molecule has 0 unspecified atom stereocenters. The molecule has 4 rings (SSSR count). The Morgan fingerprint density at radius 2 is 1.91 bits per heavy atom. The van der Waals surface area contributed by atoms with Gasteiger partial charge in [-0.15, -0.1) is 0 Å². The molecule has 0 radical (unpaired) electrons. The van der Waals surface area contributed by atoms with Crippen LogP contribution in [0, 0.1) is 6.92 Å². The van der Waals surface area contributed by atoms with Crippen LogP contribution in [0.3, 0.4) is 0 Å². The Bertz CT molecular complexity index is 840. The molecule has 118 valence electrons. The molecule has 1 aliphatic carbocycles. The number of benzene rings is 2. The van der Waals surface area contributed by atoms with E-state index in [9.17, 15) is 0 Å². The van der Waals surface area contributed by atoms with Crippen molar-refractivity contribution in [3.63, 3.8) is 0 Å².